The normalized spacial score (nSPS) is 10.9. The molecule has 0 aliphatic heterocycles. The molecule has 0 heterocycles. The second-order valence-electron chi connectivity index (χ2n) is 5.47. The number of carbonyl (C=O) groups excluding carboxylic acids is 1. The highest BCUT2D eigenvalue weighted by atomic mass is 35.5. The Morgan fingerprint density at radius 3 is 2.42 bits per heavy atom. The Balaban J connectivity index is 2.13. The van der Waals surface area contributed by atoms with Crippen molar-refractivity contribution in [2.24, 2.45) is 5.41 Å². The van der Waals surface area contributed by atoms with Crippen molar-refractivity contribution < 1.29 is 9.53 Å². The van der Waals surface area contributed by atoms with E-state index in [-0.39, 0.29) is 11.4 Å². The smallest absolute Gasteiger partial charge is 0.314 e. The molecule has 0 radical (unpaired) electrons. The number of urea groups is 1. The van der Waals surface area contributed by atoms with Crippen LogP contribution in [-0.2, 0) is 0 Å². The number of ether oxygens (including phenoxy) is 1. The monoisotopic (exact) mass is 284 g/mol. The van der Waals surface area contributed by atoms with Crippen LogP contribution in [0.5, 0.6) is 5.75 Å². The third-order valence-corrected chi connectivity index (χ3v) is 2.50. The molecule has 0 unspecified atom stereocenters. The number of hydrogen-bond donors (Lipinski definition) is 2. The summed E-state index contributed by atoms with van der Waals surface area (Å²) in [4.78, 5) is 11.5. The Morgan fingerprint density at radius 1 is 1.21 bits per heavy atom. The lowest BCUT2D eigenvalue weighted by Crippen LogP contribution is -2.41. The molecule has 106 valence electrons. The standard InChI is InChI=1S/C14H21ClN2O2/c1-14(2,3)10-17-13(18)16-8-9-19-12-6-4-11(15)5-7-12/h4-7H,8-10H2,1-3H3,(H2,16,17,18). The molecule has 0 bridgehead atoms. The zero-order valence-corrected chi connectivity index (χ0v) is 12.4. The molecule has 4 nitrogen and oxygen atoms in total. The van der Waals surface area contributed by atoms with Crippen molar-refractivity contribution in [3.05, 3.63) is 29.3 Å². The van der Waals surface area contributed by atoms with Crippen LogP contribution in [0.3, 0.4) is 0 Å². The van der Waals surface area contributed by atoms with Gasteiger partial charge in [0.2, 0.25) is 0 Å². The molecule has 1 rings (SSSR count). The van der Waals surface area contributed by atoms with Gasteiger partial charge in [0, 0.05) is 11.6 Å². The Kier molecular flexibility index (Phi) is 5.96. The topological polar surface area (TPSA) is 50.4 Å². The molecule has 0 aliphatic carbocycles. The first-order valence-corrected chi connectivity index (χ1v) is 6.65. The number of hydrogen-bond acceptors (Lipinski definition) is 2. The SMILES string of the molecule is CC(C)(C)CNC(=O)NCCOc1ccc(Cl)cc1. The highest BCUT2D eigenvalue weighted by Crippen LogP contribution is 2.15. The van der Waals surface area contributed by atoms with Gasteiger partial charge in [0.05, 0.1) is 6.54 Å². The van der Waals surface area contributed by atoms with E-state index in [0.29, 0.717) is 24.7 Å². The van der Waals surface area contributed by atoms with Crippen molar-refractivity contribution in [3.8, 4) is 5.75 Å². The van der Waals surface area contributed by atoms with E-state index in [9.17, 15) is 4.79 Å². The van der Waals surface area contributed by atoms with Crippen LogP contribution < -0.4 is 15.4 Å². The lowest BCUT2D eigenvalue weighted by atomic mass is 9.97. The van der Waals surface area contributed by atoms with Crippen LogP contribution in [-0.4, -0.2) is 25.7 Å². The predicted molar refractivity (Wildman–Crippen MR) is 77.8 cm³/mol. The molecule has 0 saturated heterocycles. The van der Waals surface area contributed by atoms with Crippen LogP contribution in [0.25, 0.3) is 0 Å². The summed E-state index contributed by atoms with van der Waals surface area (Å²) in [5.74, 6) is 0.737. The van der Waals surface area contributed by atoms with Crippen LogP contribution in [0.15, 0.2) is 24.3 Å². The van der Waals surface area contributed by atoms with Gasteiger partial charge in [-0.25, -0.2) is 4.79 Å². The minimum atomic E-state index is -0.172. The first kappa shape index (κ1) is 15.6. The van der Waals surface area contributed by atoms with Gasteiger partial charge in [-0.3, -0.25) is 0 Å². The fourth-order valence-electron chi connectivity index (χ4n) is 1.27. The number of carbonyl (C=O) groups is 1. The second kappa shape index (κ2) is 7.24. The van der Waals surface area contributed by atoms with E-state index in [4.69, 9.17) is 16.3 Å². The van der Waals surface area contributed by atoms with Gasteiger partial charge >= 0.3 is 6.03 Å². The molecular formula is C14H21ClN2O2. The Hall–Kier alpha value is -1.42. The summed E-state index contributed by atoms with van der Waals surface area (Å²) in [5, 5.41) is 6.21. The van der Waals surface area contributed by atoms with Crippen molar-refractivity contribution in [2.45, 2.75) is 20.8 Å². The fourth-order valence-corrected chi connectivity index (χ4v) is 1.40. The van der Waals surface area contributed by atoms with Crippen LogP contribution in [0, 0.1) is 5.41 Å². The number of nitrogens with one attached hydrogen (secondary N) is 2. The summed E-state index contributed by atoms with van der Waals surface area (Å²) >= 11 is 5.77. The molecular weight excluding hydrogens is 264 g/mol. The summed E-state index contributed by atoms with van der Waals surface area (Å²) in [6.45, 7) is 7.71. The molecule has 0 aliphatic rings. The third kappa shape index (κ3) is 7.57. The van der Waals surface area contributed by atoms with Gasteiger partial charge in [0.25, 0.3) is 0 Å². The van der Waals surface area contributed by atoms with E-state index in [0.717, 1.165) is 5.75 Å². The average molecular weight is 285 g/mol. The maximum Gasteiger partial charge on any atom is 0.314 e. The minimum absolute atomic E-state index is 0.0805. The fraction of sp³-hybridized carbons (Fsp3) is 0.500. The van der Waals surface area contributed by atoms with E-state index >= 15 is 0 Å². The predicted octanol–water partition coefficient (Wildman–Crippen LogP) is 3.06. The summed E-state index contributed by atoms with van der Waals surface area (Å²) in [6.07, 6.45) is 0. The number of benzene rings is 1. The summed E-state index contributed by atoms with van der Waals surface area (Å²) in [7, 11) is 0. The maximum absolute atomic E-state index is 11.5. The lowest BCUT2D eigenvalue weighted by molar-refractivity contribution is 0.231. The van der Waals surface area contributed by atoms with E-state index < -0.39 is 0 Å². The molecule has 2 amide bonds. The number of halogens is 1. The van der Waals surface area contributed by atoms with Gasteiger partial charge < -0.3 is 15.4 Å². The Morgan fingerprint density at radius 2 is 1.84 bits per heavy atom. The molecule has 0 atom stereocenters. The van der Waals surface area contributed by atoms with Crippen LogP contribution in [0.2, 0.25) is 5.02 Å². The van der Waals surface area contributed by atoms with Crippen molar-refractivity contribution in [3.63, 3.8) is 0 Å². The largest absolute Gasteiger partial charge is 0.492 e. The molecule has 2 N–H and O–H groups in total. The second-order valence-corrected chi connectivity index (χ2v) is 5.91. The quantitative estimate of drug-likeness (QED) is 0.817. The molecule has 19 heavy (non-hydrogen) atoms. The number of rotatable bonds is 5. The molecule has 0 spiro atoms. The van der Waals surface area contributed by atoms with Crippen molar-refractivity contribution in [2.75, 3.05) is 19.7 Å². The molecule has 1 aromatic rings. The van der Waals surface area contributed by atoms with E-state index in [1.807, 2.05) is 0 Å². The van der Waals surface area contributed by atoms with E-state index in [1.54, 1.807) is 24.3 Å². The van der Waals surface area contributed by atoms with Gasteiger partial charge in [-0.05, 0) is 29.7 Å². The van der Waals surface area contributed by atoms with Gasteiger partial charge in [-0.1, -0.05) is 32.4 Å². The van der Waals surface area contributed by atoms with Crippen molar-refractivity contribution >= 4 is 17.6 Å². The van der Waals surface area contributed by atoms with Crippen molar-refractivity contribution in [1.82, 2.24) is 10.6 Å². The first-order chi connectivity index (χ1) is 8.87. The molecule has 1 aromatic carbocycles. The molecule has 0 saturated carbocycles. The van der Waals surface area contributed by atoms with Crippen LogP contribution in [0.1, 0.15) is 20.8 Å². The number of amides is 2. The van der Waals surface area contributed by atoms with E-state index in [1.165, 1.54) is 0 Å². The maximum atomic E-state index is 11.5. The minimum Gasteiger partial charge on any atom is -0.492 e. The zero-order chi connectivity index (χ0) is 14.3. The average Bonchev–Trinajstić information content (AvgIpc) is 2.33. The molecule has 5 heteroatoms. The van der Waals surface area contributed by atoms with Crippen LogP contribution in [0.4, 0.5) is 4.79 Å². The zero-order valence-electron chi connectivity index (χ0n) is 11.6. The summed E-state index contributed by atoms with van der Waals surface area (Å²) < 4.78 is 5.46. The summed E-state index contributed by atoms with van der Waals surface area (Å²) in [5.41, 5.74) is 0.0805. The van der Waals surface area contributed by atoms with Crippen LogP contribution >= 0.6 is 11.6 Å². The summed E-state index contributed by atoms with van der Waals surface area (Å²) in [6, 6.07) is 6.94. The van der Waals surface area contributed by atoms with E-state index in [2.05, 4.69) is 31.4 Å². The lowest BCUT2D eigenvalue weighted by Gasteiger charge is -2.18. The first-order valence-electron chi connectivity index (χ1n) is 6.27. The Bertz CT molecular complexity index is 399. The third-order valence-electron chi connectivity index (χ3n) is 2.25. The Labute approximate surface area is 119 Å². The molecule has 0 fully saturated rings. The molecule has 0 aromatic heterocycles. The van der Waals surface area contributed by atoms with Gasteiger partial charge in [0.15, 0.2) is 0 Å². The highest BCUT2D eigenvalue weighted by molar-refractivity contribution is 6.30. The highest BCUT2D eigenvalue weighted by Gasteiger charge is 2.11. The van der Waals surface area contributed by atoms with Gasteiger partial charge in [-0.15, -0.1) is 0 Å². The van der Waals surface area contributed by atoms with Gasteiger partial charge in [-0.2, -0.15) is 0 Å². The van der Waals surface area contributed by atoms with Gasteiger partial charge in [0.1, 0.15) is 12.4 Å². The van der Waals surface area contributed by atoms with Crippen molar-refractivity contribution in [1.29, 1.82) is 0 Å².